The van der Waals surface area contributed by atoms with Crippen molar-refractivity contribution in [1.82, 2.24) is 0 Å². The van der Waals surface area contributed by atoms with Gasteiger partial charge in [0.05, 0.1) is 12.8 Å². The van der Waals surface area contributed by atoms with Crippen LogP contribution in [0.1, 0.15) is 12.5 Å². The number of nitrogens with one attached hydrogen (secondary N) is 1. The lowest BCUT2D eigenvalue weighted by Gasteiger charge is -2.28. The molecule has 2 aromatic rings. The first-order valence-electron chi connectivity index (χ1n) is 6.41. The summed E-state index contributed by atoms with van der Waals surface area (Å²) in [5, 5.41) is 22.0. The van der Waals surface area contributed by atoms with Crippen molar-refractivity contribution >= 4 is 11.7 Å². The van der Waals surface area contributed by atoms with E-state index in [4.69, 9.17) is 4.74 Å². The topological polar surface area (TPSA) is 78.8 Å². The summed E-state index contributed by atoms with van der Waals surface area (Å²) in [6.07, 6.45) is 0. The fourth-order valence-corrected chi connectivity index (χ4v) is 2.06. The largest absolute Gasteiger partial charge is 0.508 e. The average Bonchev–Trinajstić information content (AvgIpc) is 2.48. The standard InChI is InChI=1S/C16H17NO4/c1-16(15(19)20,11-7-9-12(18)10-8-11)17-13-5-3-4-6-14(13)21-2/h3-10,17-18H,1-2H3,(H,19,20). The molecule has 0 bridgehead atoms. The molecule has 0 aliphatic rings. The van der Waals surface area contributed by atoms with Crippen LogP contribution in [-0.2, 0) is 10.3 Å². The third kappa shape index (κ3) is 2.91. The second-order valence-corrected chi connectivity index (χ2v) is 4.80. The van der Waals surface area contributed by atoms with Crippen LogP contribution in [0.3, 0.4) is 0 Å². The second kappa shape index (κ2) is 5.75. The Morgan fingerprint density at radius 2 is 1.76 bits per heavy atom. The van der Waals surface area contributed by atoms with Gasteiger partial charge in [0.25, 0.3) is 0 Å². The molecule has 110 valence electrons. The summed E-state index contributed by atoms with van der Waals surface area (Å²) in [6.45, 7) is 1.56. The van der Waals surface area contributed by atoms with Crippen LogP contribution < -0.4 is 10.1 Å². The van der Waals surface area contributed by atoms with Crippen molar-refractivity contribution in [2.45, 2.75) is 12.5 Å². The first-order valence-corrected chi connectivity index (χ1v) is 6.41. The molecular weight excluding hydrogens is 270 g/mol. The summed E-state index contributed by atoms with van der Waals surface area (Å²) in [5.41, 5.74) is -0.237. The maximum atomic E-state index is 11.7. The summed E-state index contributed by atoms with van der Waals surface area (Å²) in [4.78, 5) is 11.7. The van der Waals surface area contributed by atoms with Crippen LogP contribution in [0.2, 0.25) is 0 Å². The molecule has 0 aliphatic carbocycles. The molecule has 2 rings (SSSR count). The number of phenols is 1. The van der Waals surface area contributed by atoms with Gasteiger partial charge in [-0.1, -0.05) is 24.3 Å². The van der Waals surface area contributed by atoms with Crippen LogP contribution in [0.15, 0.2) is 48.5 Å². The third-order valence-corrected chi connectivity index (χ3v) is 3.36. The van der Waals surface area contributed by atoms with E-state index >= 15 is 0 Å². The maximum Gasteiger partial charge on any atom is 0.333 e. The second-order valence-electron chi connectivity index (χ2n) is 4.80. The summed E-state index contributed by atoms with van der Waals surface area (Å²) in [6, 6.07) is 13.2. The first-order chi connectivity index (χ1) is 9.97. The Kier molecular flexibility index (Phi) is 4.03. The predicted octanol–water partition coefficient (Wildman–Crippen LogP) is 2.81. The van der Waals surface area contributed by atoms with Gasteiger partial charge in [0.1, 0.15) is 11.5 Å². The van der Waals surface area contributed by atoms with E-state index in [1.807, 2.05) is 6.07 Å². The zero-order valence-corrected chi connectivity index (χ0v) is 11.8. The number of hydrogen-bond acceptors (Lipinski definition) is 4. The SMILES string of the molecule is COc1ccccc1NC(C)(C(=O)O)c1ccc(O)cc1. The van der Waals surface area contributed by atoms with E-state index in [-0.39, 0.29) is 5.75 Å². The number of hydrogen-bond donors (Lipinski definition) is 3. The molecule has 0 spiro atoms. The Balaban J connectivity index is 2.43. The Bertz CT molecular complexity index is 639. The zero-order chi connectivity index (χ0) is 15.5. The van der Waals surface area contributed by atoms with Crippen LogP contribution >= 0.6 is 0 Å². The highest BCUT2D eigenvalue weighted by Crippen LogP contribution is 2.32. The number of para-hydroxylation sites is 2. The molecular formula is C16H17NO4. The number of rotatable bonds is 5. The van der Waals surface area contributed by atoms with Gasteiger partial charge in [0, 0.05) is 0 Å². The van der Waals surface area contributed by atoms with E-state index in [2.05, 4.69) is 5.32 Å². The minimum Gasteiger partial charge on any atom is -0.508 e. The van der Waals surface area contributed by atoms with Crippen molar-refractivity contribution < 1.29 is 19.7 Å². The lowest BCUT2D eigenvalue weighted by molar-refractivity contribution is -0.142. The molecule has 0 saturated carbocycles. The van der Waals surface area contributed by atoms with Gasteiger partial charge < -0.3 is 20.3 Å². The molecule has 21 heavy (non-hydrogen) atoms. The van der Waals surface area contributed by atoms with Crippen molar-refractivity contribution in [1.29, 1.82) is 0 Å². The number of aliphatic carboxylic acids is 1. The van der Waals surface area contributed by atoms with E-state index < -0.39 is 11.5 Å². The van der Waals surface area contributed by atoms with Crippen LogP contribution in [0.25, 0.3) is 0 Å². The van der Waals surface area contributed by atoms with Crippen LogP contribution in [0.4, 0.5) is 5.69 Å². The number of carbonyl (C=O) groups is 1. The van der Waals surface area contributed by atoms with E-state index in [0.717, 1.165) is 0 Å². The van der Waals surface area contributed by atoms with Gasteiger partial charge in [-0.2, -0.15) is 0 Å². The van der Waals surface area contributed by atoms with E-state index in [1.165, 1.54) is 19.2 Å². The molecule has 0 aromatic heterocycles. The maximum absolute atomic E-state index is 11.7. The Morgan fingerprint density at radius 1 is 1.14 bits per heavy atom. The summed E-state index contributed by atoms with van der Waals surface area (Å²) in [5.74, 6) is -0.383. The predicted molar refractivity (Wildman–Crippen MR) is 79.7 cm³/mol. The van der Waals surface area contributed by atoms with Crippen molar-refractivity contribution in [2.24, 2.45) is 0 Å². The van der Waals surface area contributed by atoms with Gasteiger partial charge in [-0.15, -0.1) is 0 Å². The molecule has 0 aliphatic heterocycles. The number of aromatic hydroxyl groups is 1. The van der Waals surface area contributed by atoms with Gasteiger partial charge >= 0.3 is 5.97 Å². The van der Waals surface area contributed by atoms with Gasteiger partial charge in [0.2, 0.25) is 0 Å². The average molecular weight is 287 g/mol. The van der Waals surface area contributed by atoms with E-state index in [0.29, 0.717) is 17.0 Å². The molecule has 2 aromatic carbocycles. The van der Waals surface area contributed by atoms with Crippen LogP contribution in [0.5, 0.6) is 11.5 Å². The molecule has 0 heterocycles. The normalized spacial score (nSPS) is 13.2. The van der Waals surface area contributed by atoms with Crippen molar-refractivity contribution in [3.8, 4) is 11.5 Å². The van der Waals surface area contributed by atoms with Crippen LogP contribution in [0, 0.1) is 0 Å². The lowest BCUT2D eigenvalue weighted by Crippen LogP contribution is -2.40. The number of carboxylic acid groups (broad SMARTS) is 1. The fourth-order valence-electron chi connectivity index (χ4n) is 2.06. The molecule has 0 fully saturated rings. The summed E-state index contributed by atoms with van der Waals surface area (Å²) >= 11 is 0. The highest BCUT2D eigenvalue weighted by Gasteiger charge is 2.35. The quantitative estimate of drug-likeness (QED) is 0.788. The highest BCUT2D eigenvalue weighted by molar-refractivity contribution is 5.84. The monoisotopic (exact) mass is 287 g/mol. The van der Waals surface area contributed by atoms with Crippen molar-refractivity contribution in [2.75, 3.05) is 12.4 Å². The summed E-state index contributed by atoms with van der Waals surface area (Å²) < 4.78 is 5.23. The van der Waals surface area contributed by atoms with Gasteiger partial charge in [-0.25, -0.2) is 4.79 Å². The van der Waals surface area contributed by atoms with E-state index in [1.54, 1.807) is 37.3 Å². The number of methoxy groups -OCH3 is 1. The molecule has 0 saturated heterocycles. The number of carboxylic acids is 1. The minimum atomic E-state index is -1.34. The van der Waals surface area contributed by atoms with Gasteiger partial charge in [-0.05, 0) is 36.8 Å². The first kappa shape index (κ1) is 14.7. The van der Waals surface area contributed by atoms with Crippen molar-refractivity contribution in [3.63, 3.8) is 0 Å². The number of anilines is 1. The number of ether oxygens (including phenoxy) is 1. The van der Waals surface area contributed by atoms with Gasteiger partial charge in [-0.3, -0.25) is 0 Å². The lowest BCUT2D eigenvalue weighted by atomic mass is 9.91. The molecule has 0 radical (unpaired) electrons. The van der Waals surface area contributed by atoms with Crippen LogP contribution in [-0.4, -0.2) is 23.3 Å². The summed E-state index contributed by atoms with van der Waals surface area (Å²) in [7, 11) is 1.53. The Morgan fingerprint density at radius 3 is 2.33 bits per heavy atom. The number of benzene rings is 2. The minimum absolute atomic E-state index is 0.0868. The fraction of sp³-hybridized carbons (Fsp3) is 0.188. The Labute approximate surface area is 122 Å². The number of phenolic OH excluding ortho intramolecular Hbond substituents is 1. The smallest absolute Gasteiger partial charge is 0.333 e. The Hall–Kier alpha value is -2.69. The molecule has 1 unspecified atom stereocenters. The molecule has 5 heteroatoms. The highest BCUT2D eigenvalue weighted by atomic mass is 16.5. The molecule has 0 amide bonds. The van der Waals surface area contributed by atoms with E-state index in [9.17, 15) is 15.0 Å². The molecule has 5 nitrogen and oxygen atoms in total. The molecule has 3 N–H and O–H groups in total. The van der Waals surface area contributed by atoms with Crippen molar-refractivity contribution in [3.05, 3.63) is 54.1 Å². The zero-order valence-electron chi connectivity index (χ0n) is 11.8. The molecule has 1 atom stereocenters. The van der Waals surface area contributed by atoms with Gasteiger partial charge in [0.15, 0.2) is 5.54 Å². The third-order valence-electron chi connectivity index (χ3n) is 3.36.